The standard InChI is InChI=1S/C11H16FNO/c1-3-14-8-11(2,13)9-6-4-5-7-10(9)12/h4-7H,3,8,13H2,1-2H3. The van der Waals surface area contributed by atoms with E-state index in [2.05, 4.69) is 0 Å². The molecule has 1 atom stereocenters. The molecule has 0 saturated carbocycles. The Balaban J connectivity index is 2.86. The van der Waals surface area contributed by atoms with Gasteiger partial charge in [0, 0.05) is 12.2 Å². The highest BCUT2D eigenvalue weighted by Gasteiger charge is 2.24. The summed E-state index contributed by atoms with van der Waals surface area (Å²) in [5.74, 6) is -0.280. The van der Waals surface area contributed by atoms with Crippen LogP contribution in [0.1, 0.15) is 19.4 Å². The number of rotatable bonds is 4. The second-order valence-electron chi connectivity index (χ2n) is 3.53. The van der Waals surface area contributed by atoms with Gasteiger partial charge in [0.05, 0.1) is 12.1 Å². The van der Waals surface area contributed by atoms with Crippen LogP contribution in [0, 0.1) is 5.82 Å². The van der Waals surface area contributed by atoms with Crippen LogP contribution in [-0.2, 0) is 10.3 Å². The number of hydrogen-bond acceptors (Lipinski definition) is 2. The average molecular weight is 197 g/mol. The normalized spacial score (nSPS) is 15.1. The largest absolute Gasteiger partial charge is 0.379 e. The van der Waals surface area contributed by atoms with E-state index in [4.69, 9.17) is 10.5 Å². The van der Waals surface area contributed by atoms with Crippen LogP contribution in [0.25, 0.3) is 0 Å². The Morgan fingerprint density at radius 1 is 1.43 bits per heavy atom. The molecule has 0 radical (unpaired) electrons. The molecule has 0 spiro atoms. The van der Waals surface area contributed by atoms with E-state index in [1.165, 1.54) is 6.07 Å². The Labute approximate surface area is 83.9 Å². The van der Waals surface area contributed by atoms with Gasteiger partial charge in [-0.15, -0.1) is 0 Å². The van der Waals surface area contributed by atoms with Crippen LogP contribution in [-0.4, -0.2) is 13.2 Å². The van der Waals surface area contributed by atoms with Gasteiger partial charge in [-0.25, -0.2) is 4.39 Å². The topological polar surface area (TPSA) is 35.2 Å². The van der Waals surface area contributed by atoms with Crippen LogP contribution in [0.5, 0.6) is 0 Å². The van der Waals surface area contributed by atoms with Crippen LogP contribution in [0.2, 0.25) is 0 Å². The fraction of sp³-hybridized carbons (Fsp3) is 0.455. The summed E-state index contributed by atoms with van der Waals surface area (Å²) >= 11 is 0. The molecule has 0 aliphatic rings. The first-order chi connectivity index (χ1) is 6.58. The summed E-state index contributed by atoms with van der Waals surface area (Å²) in [6.45, 7) is 4.56. The molecule has 0 aliphatic heterocycles. The van der Waals surface area contributed by atoms with Gasteiger partial charge in [-0.05, 0) is 19.9 Å². The molecule has 0 bridgehead atoms. The molecule has 14 heavy (non-hydrogen) atoms. The molecule has 0 heterocycles. The van der Waals surface area contributed by atoms with Crippen LogP contribution in [0.15, 0.2) is 24.3 Å². The van der Waals surface area contributed by atoms with Gasteiger partial charge in [0.15, 0.2) is 0 Å². The van der Waals surface area contributed by atoms with E-state index in [1.54, 1.807) is 25.1 Å². The van der Waals surface area contributed by atoms with Crippen LogP contribution < -0.4 is 5.73 Å². The molecule has 0 fully saturated rings. The van der Waals surface area contributed by atoms with E-state index in [1.807, 2.05) is 6.92 Å². The van der Waals surface area contributed by atoms with Gasteiger partial charge in [-0.3, -0.25) is 0 Å². The van der Waals surface area contributed by atoms with E-state index in [0.717, 1.165) is 0 Å². The summed E-state index contributed by atoms with van der Waals surface area (Å²) < 4.78 is 18.6. The van der Waals surface area contributed by atoms with Gasteiger partial charge in [0.1, 0.15) is 5.82 Å². The molecule has 0 saturated heterocycles. The molecule has 1 rings (SSSR count). The molecule has 3 heteroatoms. The predicted octanol–water partition coefficient (Wildman–Crippen LogP) is 2.04. The van der Waals surface area contributed by atoms with E-state index in [-0.39, 0.29) is 5.82 Å². The summed E-state index contributed by atoms with van der Waals surface area (Å²) in [6, 6.07) is 6.52. The van der Waals surface area contributed by atoms with Crippen molar-refractivity contribution in [3.05, 3.63) is 35.6 Å². The van der Waals surface area contributed by atoms with Crippen molar-refractivity contribution in [2.45, 2.75) is 19.4 Å². The van der Waals surface area contributed by atoms with Crippen LogP contribution in [0.3, 0.4) is 0 Å². The summed E-state index contributed by atoms with van der Waals surface area (Å²) in [4.78, 5) is 0. The predicted molar refractivity (Wildman–Crippen MR) is 54.4 cm³/mol. The maximum atomic E-state index is 13.4. The zero-order valence-electron chi connectivity index (χ0n) is 8.59. The maximum Gasteiger partial charge on any atom is 0.128 e. The van der Waals surface area contributed by atoms with Crippen molar-refractivity contribution in [2.75, 3.05) is 13.2 Å². The molecule has 78 valence electrons. The minimum Gasteiger partial charge on any atom is -0.379 e. The number of nitrogens with two attached hydrogens (primary N) is 1. The lowest BCUT2D eigenvalue weighted by Crippen LogP contribution is -2.39. The highest BCUT2D eigenvalue weighted by atomic mass is 19.1. The minimum atomic E-state index is -0.763. The summed E-state index contributed by atoms with van der Waals surface area (Å²) in [5.41, 5.74) is 5.69. The van der Waals surface area contributed by atoms with Crippen LogP contribution in [0.4, 0.5) is 4.39 Å². The van der Waals surface area contributed by atoms with E-state index >= 15 is 0 Å². The molecule has 0 aromatic heterocycles. The fourth-order valence-corrected chi connectivity index (χ4v) is 1.32. The Morgan fingerprint density at radius 2 is 2.07 bits per heavy atom. The molecule has 2 N–H and O–H groups in total. The van der Waals surface area contributed by atoms with E-state index in [9.17, 15) is 4.39 Å². The Morgan fingerprint density at radius 3 is 2.64 bits per heavy atom. The minimum absolute atomic E-state index is 0.280. The fourth-order valence-electron chi connectivity index (χ4n) is 1.32. The van der Waals surface area contributed by atoms with Crippen molar-refractivity contribution < 1.29 is 9.13 Å². The number of ether oxygens (including phenoxy) is 1. The van der Waals surface area contributed by atoms with E-state index < -0.39 is 5.54 Å². The van der Waals surface area contributed by atoms with Gasteiger partial charge >= 0.3 is 0 Å². The third kappa shape index (κ3) is 2.53. The van der Waals surface area contributed by atoms with Crippen molar-refractivity contribution in [1.82, 2.24) is 0 Å². The van der Waals surface area contributed by atoms with Crippen molar-refractivity contribution in [2.24, 2.45) is 5.73 Å². The highest BCUT2D eigenvalue weighted by molar-refractivity contribution is 5.25. The SMILES string of the molecule is CCOCC(C)(N)c1ccccc1F. The lowest BCUT2D eigenvalue weighted by Gasteiger charge is -2.25. The number of benzene rings is 1. The quantitative estimate of drug-likeness (QED) is 0.801. The molecular formula is C11H16FNO. The zero-order chi connectivity index (χ0) is 10.6. The van der Waals surface area contributed by atoms with Crippen molar-refractivity contribution in [3.8, 4) is 0 Å². The van der Waals surface area contributed by atoms with Crippen molar-refractivity contribution >= 4 is 0 Å². The second kappa shape index (κ2) is 4.53. The first-order valence-corrected chi connectivity index (χ1v) is 4.69. The molecular weight excluding hydrogens is 181 g/mol. The van der Waals surface area contributed by atoms with E-state index in [0.29, 0.717) is 18.8 Å². The van der Waals surface area contributed by atoms with Crippen molar-refractivity contribution in [3.63, 3.8) is 0 Å². The summed E-state index contributed by atoms with van der Waals surface area (Å²) in [6.07, 6.45) is 0. The average Bonchev–Trinajstić information content (AvgIpc) is 2.15. The van der Waals surface area contributed by atoms with Gasteiger partial charge in [0.25, 0.3) is 0 Å². The number of halogens is 1. The molecule has 1 aromatic carbocycles. The molecule has 1 aromatic rings. The van der Waals surface area contributed by atoms with Crippen LogP contribution >= 0.6 is 0 Å². The Hall–Kier alpha value is -0.930. The lowest BCUT2D eigenvalue weighted by atomic mass is 9.94. The number of hydrogen-bond donors (Lipinski definition) is 1. The third-order valence-corrected chi connectivity index (χ3v) is 2.10. The van der Waals surface area contributed by atoms with Gasteiger partial charge in [-0.2, -0.15) is 0 Å². The maximum absolute atomic E-state index is 13.4. The second-order valence-corrected chi connectivity index (χ2v) is 3.53. The first-order valence-electron chi connectivity index (χ1n) is 4.69. The summed E-state index contributed by atoms with van der Waals surface area (Å²) in [5, 5.41) is 0. The Bertz CT molecular complexity index is 299. The lowest BCUT2D eigenvalue weighted by molar-refractivity contribution is 0.0993. The third-order valence-electron chi connectivity index (χ3n) is 2.10. The van der Waals surface area contributed by atoms with Crippen molar-refractivity contribution in [1.29, 1.82) is 0 Å². The monoisotopic (exact) mass is 197 g/mol. The van der Waals surface area contributed by atoms with Gasteiger partial charge in [-0.1, -0.05) is 18.2 Å². The molecule has 0 amide bonds. The van der Waals surface area contributed by atoms with Gasteiger partial charge in [0.2, 0.25) is 0 Å². The smallest absolute Gasteiger partial charge is 0.128 e. The highest BCUT2D eigenvalue weighted by Crippen LogP contribution is 2.20. The first kappa shape index (κ1) is 11.1. The molecule has 2 nitrogen and oxygen atoms in total. The zero-order valence-corrected chi connectivity index (χ0v) is 8.59. The molecule has 0 aliphatic carbocycles. The van der Waals surface area contributed by atoms with Gasteiger partial charge < -0.3 is 10.5 Å². The molecule has 1 unspecified atom stereocenters. The Kier molecular flexibility index (Phi) is 3.61. The summed E-state index contributed by atoms with van der Waals surface area (Å²) in [7, 11) is 0.